The van der Waals surface area contributed by atoms with Crippen LogP contribution in [-0.2, 0) is 4.79 Å². The summed E-state index contributed by atoms with van der Waals surface area (Å²) in [5.74, 6) is 0.586. The van der Waals surface area contributed by atoms with Crippen LogP contribution in [0, 0.1) is 5.92 Å². The van der Waals surface area contributed by atoms with E-state index < -0.39 is 0 Å². The number of H-pyrrole nitrogens is 1. The Bertz CT molecular complexity index is 1130. The van der Waals surface area contributed by atoms with Gasteiger partial charge >= 0.3 is 0 Å². The summed E-state index contributed by atoms with van der Waals surface area (Å²) in [5.41, 5.74) is 2.86. The van der Waals surface area contributed by atoms with Gasteiger partial charge in [0, 0.05) is 48.9 Å². The number of fused-ring (bicyclic) bond motifs is 1. The monoisotopic (exact) mass is 449 g/mol. The minimum absolute atomic E-state index is 0.0355. The van der Waals surface area contributed by atoms with E-state index >= 15 is 0 Å². The van der Waals surface area contributed by atoms with Gasteiger partial charge in [-0.2, -0.15) is 0 Å². The van der Waals surface area contributed by atoms with Crippen LogP contribution in [0.4, 0.5) is 17.2 Å². The molecular formula is C24H31N7O2. The largest absolute Gasteiger partial charge is 0.382 e. The molecule has 5 N–H and O–H groups in total. The van der Waals surface area contributed by atoms with Gasteiger partial charge in [-0.3, -0.25) is 9.59 Å². The molecule has 0 spiro atoms. The predicted molar refractivity (Wildman–Crippen MR) is 130 cm³/mol. The van der Waals surface area contributed by atoms with Crippen LogP contribution in [-0.4, -0.2) is 45.9 Å². The van der Waals surface area contributed by atoms with Gasteiger partial charge in [0.1, 0.15) is 11.5 Å². The number of rotatable bonds is 7. The van der Waals surface area contributed by atoms with Crippen molar-refractivity contribution in [1.29, 1.82) is 0 Å². The van der Waals surface area contributed by atoms with Crippen molar-refractivity contribution in [3.8, 4) is 0 Å². The molecule has 0 atom stereocenters. The summed E-state index contributed by atoms with van der Waals surface area (Å²) in [6, 6.07) is 6.00. The average molecular weight is 450 g/mol. The van der Waals surface area contributed by atoms with Crippen molar-refractivity contribution >= 4 is 40.0 Å². The van der Waals surface area contributed by atoms with Gasteiger partial charge in [-0.1, -0.05) is 0 Å². The maximum atomic E-state index is 13.1. The van der Waals surface area contributed by atoms with Gasteiger partial charge in [0.15, 0.2) is 0 Å². The molecule has 2 amide bonds. The third-order valence-corrected chi connectivity index (χ3v) is 5.94. The zero-order chi connectivity index (χ0) is 23.4. The Morgan fingerprint density at radius 2 is 1.88 bits per heavy atom. The lowest BCUT2D eigenvalue weighted by Gasteiger charge is -2.28. The topological polar surface area (TPSA) is 124 Å². The molecule has 4 rings (SSSR count). The summed E-state index contributed by atoms with van der Waals surface area (Å²) >= 11 is 0. The van der Waals surface area contributed by atoms with E-state index in [1.165, 1.54) is 0 Å². The second-order valence-corrected chi connectivity index (χ2v) is 8.81. The molecule has 0 aliphatic heterocycles. The van der Waals surface area contributed by atoms with Crippen molar-refractivity contribution in [3.05, 3.63) is 42.4 Å². The number of hydrogen-bond acceptors (Lipinski definition) is 6. The summed E-state index contributed by atoms with van der Waals surface area (Å²) in [6.07, 6.45) is 8.33. The smallest absolute Gasteiger partial charge is 0.255 e. The number of aromatic nitrogens is 3. The van der Waals surface area contributed by atoms with E-state index in [1.54, 1.807) is 19.4 Å². The van der Waals surface area contributed by atoms with E-state index in [9.17, 15) is 9.59 Å². The zero-order valence-corrected chi connectivity index (χ0v) is 19.2. The van der Waals surface area contributed by atoms with Gasteiger partial charge in [-0.05, 0) is 51.7 Å². The molecule has 0 aromatic carbocycles. The summed E-state index contributed by atoms with van der Waals surface area (Å²) in [5, 5.41) is 13.5. The zero-order valence-electron chi connectivity index (χ0n) is 19.2. The van der Waals surface area contributed by atoms with Gasteiger partial charge in [-0.15, -0.1) is 0 Å². The highest BCUT2D eigenvalue weighted by Crippen LogP contribution is 2.27. The number of carbonyl (C=O) groups excluding carboxylic acids is 2. The molecule has 3 aromatic heterocycles. The van der Waals surface area contributed by atoms with Crippen molar-refractivity contribution in [3.63, 3.8) is 0 Å². The van der Waals surface area contributed by atoms with Crippen molar-refractivity contribution in [1.82, 2.24) is 25.6 Å². The molecule has 33 heavy (non-hydrogen) atoms. The minimum atomic E-state index is -0.156. The second kappa shape index (κ2) is 9.89. The van der Waals surface area contributed by atoms with Crippen LogP contribution in [0.3, 0.4) is 0 Å². The van der Waals surface area contributed by atoms with Crippen LogP contribution in [0.5, 0.6) is 0 Å². The van der Waals surface area contributed by atoms with E-state index in [-0.39, 0.29) is 29.8 Å². The molecule has 1 aliphatic carbocycles. The molecule has 174 valence electrons. The van der Waals surface area contributed by atoms with Crippen LogP contribution >= 0.6 is 0 Å². The standard InChI is InChI=1S/C24H31N7O2/c1-14(2)29-20-11-21(30-18-10-16-8-9-26-22(16)28-12-18)27-13-19(20)24(33)31-17-6-4-15(5-7-17)23(32)25-3/h8-15,17H,4-7H2,1-3H3,(H,25,32)(H,26,28)(H,31,33)(H2,27,29,30). The first kappa shape index (κ1) is 22.6. The van der Waals surface area contributed by atoms with Crippen molar-refractivity contribution < 1.29 is 9.59 Å². The molecule has 1 saturated carbocycles. The molecular weight excluding hydrogens is 418 g/mol. The number of hydrogen-bond donors (Lipinski definition) is 5. The third-order valence-electron chi connectivity index (χ3n) is 5.94. The SMILES string of the molecule is CNC(=O)C1CCC(NC(=O)c2cnc(Nc3cnc4[nH]ccc4c3)cc2NC(C)C)CC1. The summed E-state index contributed by atoms with van der Waals surface area (Å²) in [7, 11) is 1.67. The highest BCUT2D eigenvalue weighted by atomic mass is 16.2. The van der Waals surface area contributed by atoms with Crippen molar-refractivity contribution in [2.45, 2.75) is 51.6 Å². The molecule has 1 aliphatic rings. The lowest BCUT2D eigenvalue weighted by Crippen LogP contribution is -2.40. The number of amides is 2. The Kier molecular flexibility index (Phi) is 6.76. The Hall–Kier alpha value is -3.62. The lowest BCUT2D eigenvalue weighted by molar-refractivity contribution is -0.125. The molecule has 0 saturated heterocycles. The van der Waals surface area contributed by atoms with Crippen LogP contribution in [0.25, 0.3) is 11.0 Å². The summed E-state index contributed by atoms with van der Waals surface area (Å²) in [6.45, 7) is 4.05. The number of aromatic amines is 1. The number of nitrogens with zero attached hydrogens (tertiary/aromatic N) is 2. The van der Waals surface area contributed by atoms with E-state index in [4.69, 9.17) is 0 Å². The lowest BCUT2D eigenvalue weighted by atomic mass is 9.85. The fraction of sp³-hybridized carbons (Fsp3) is 0.417. The molecule has 3 aromatic rings. The Labute approximate surface area is 193 Å². The quantitative estimate of drug-likeness (QED) is 0.376. The van der Waals surface area contributed by atoms with Crippen LogP contribution in [0.2, 0.25) is 0 Å². The van der Waals surface area contributed by atoms with E-state index in [0.29, 0.717) is 11.4 Å². The van der Waals surface area contributed by atoms with Gasteiger partial charge in [-0.25, -0.2) is 9.97 Å². The first-order valence-electron chi connectivity index (χ1n) is 11.4. The third kappa shape index (κ3) is 5.42. The Morgan fingerprint density at radius 3 is 2.61 bits per heavy atom. The summed E-state index contributed by atoms with van der Waals surface area (Å²) < 4.78 is 0. The maximum Gasteiger partial charge on any atom is 0.255 e. The van der Waals surface area contributed by atoms with E-state index in [2.05, 4.69) is 36.2 Å². The normalized spacial score (nSPS) is 18.2. The van der Waals surface area contributed by atoms with Crippen molar-refractivity contribution in [2.75, 3.05) is 17.7 Å². The summed E-state index contributed by atoms with van der Waals surface area (Å²) in [4.78, 5) is 36.9. The molecule has 9 nitrogen and oxygen atoms in total. The van der Waals surface area contributed by atoms with Crippen LogP contribution in [0.1, 0.15) is 49.9 Å². The molecule has 0 bridgehead atoms. The van der Waals surface area contributed by atoms with Crippen molar-refractivity contribution in [2.24, 2.45) is 5.92 Å². The minimum Gasteiger partial charge on any atom is -0.382 e. The van der Waals surface area contributed by atoms with Gasteiger partial charge in [0.2, 0.25) is 5.91 Å². The van der Waals surface area contributed by atoms with Crippen LogP contribution in [0.15, 0.2) is 36.8 Å². The predicted octanol–water partition coefficient (Wildman–Crippen LogP) is 3.56. The molecule has 3 heterocycles. The number of pyridine rings is 2. The Morgan fingerprint density at radius 1 is 1.09 bits per heavy atom. The fourth-order valence-corrected chi connectivity index (χ4v) is 4.26. The van der Waals surface area contributed by atoms with Gasteiger partial charge < -0.3 is 26.3 Å². The highest BCUT2D eigenvalue weighted by molar-refractivity contribution is 6.00. The molecule has 9 heteroatoms. The highest BCUT2D eigenvalue weighted by Gasteiger charge is 2.27. The maximum absolute atomic E-state index is 13.1. The van der Waals surface area contributed by atoms with E-state index in [0.717, 1.165) is 48.1 Å². The molecule has 1 fully saturated rings. The molecule has 0 unspecified atom stereocenters. The number of carbonyl (C=O) groups is 2. The van der Waals surface area contributed by atoms with Gasteiger partial charge in [0.25, 0.3) is 5.91 Å². The average Bonchev–Trinajstić information content (AvgIpc) is 3.26. The molecule has 0 radical (unpaired) electrons. The number of anilines is 3. The Balaban J connectivity index is 1.46. The fourth-order valence-electron chi connectivity index (χ4n) is 4.26. The van der Waals surface area contributed by atoms with Crippen LogP contribution < -0.4 is 21.3 Å². The first-order chi connectivity index (χ1) is 15.9. The van der Waals surface area contributed by atoms with Gasteiger partial charge in [0.05, 0.1) is 23.1 Å². The number of nitrogens with one attached hydrogen (secondary N) is 5. The van der Waals surface area contributed by atoms with E-state index in [1.807, 2.05) is 38.2 Å². The second-order valence-electron chi connectivity index (χ2n) is 8.81. The first-order valence-corrected chi connectivity index (χ1v) is 11.4.